The van der Waals surface area contributed by atoms with Crippen molar-refractivity contribution in [2.24, 2.45) is 11.8 Å². The van der Waals surface area contributed by atoms with E-state index < -0.39 is 41.4 Å². The molecule has 5 rings (SSSR count). The molecule has 44 heavy (non-hydrogen) atoms. The van der Waals surface area contributed by atoms with Crippen LogP contribution in [0, 0.1) is 23.5 Å². The Hall–Kier alpha value is -4.46. The smallest absolute Gasteiger partial charge is 0.317 e. The first kappa shape index (κ1) is 31.0. The molecule has 0 amide bonds. The molecule has 6 nitrogen and oxygen atoms in total. The van der Waals surface area contributed by atoms with Gasteiger partial charge < -0.3 is 9.47 Å². The first-order valence-electron chi connectivity index (χ1n) is 14.9. The van der Waals surface area contributed by atoms with E-state index in [0.29, 0.717) is 24.0 Å². The number of Topliss-reactive ketones (excluding diaryl/α,β-unsaturated/α-hetero) is 1. The van der Waals surface area contributed by atoms with Crippen LogP contribution in [0.2, 0.25) is 0 Å². The molecule has 1 fully saturated rings. The van der Waals surface area contributed by atoms with Crippen LogP contribution in [0.15, 0.2) is 78.9 Å². The fourth-order valence-electron chi connectivity index (χ4n) is 6.52. The number of halogens is 2. The number of ketones is 2. The molecule has 0 saturated heterocycles. The van der Waals surface area contributed by atoms with Crippen LogP contribution >= 0.6 is 0 Å². The molecule has 2 aliphatic rings. The van der Waals surface area contributed by atoms with E-state index in [9.17, 15) is 28.0 Å². The number of rotatable bonds is 8. The van der Waals surface area contributed by atoms with Crippen molar-refractivity contribution in [1.82, 2.24) is 0 Å². The second kappa shape index (κ2) is 13.5. The zero-order valence-electron chi connectivity index (χ0n) is 24.6. The van der Waals surface area contributed by atoms with Gasteiger partial charge in [0.25, 0.3) is 0 Å². The van der Waals surface area contributed by atoms with Gasteiger partial charge in [-0.05, 0) is 90.8 Å². The van der Waals surface area contributed by atoms with Gasteiger partial charge in [-0.25, -0.2) is 8.78 Å². The number of benzene rings is 3. The molecule has 2 aliphatic carbocycles. The van der Waals surface area contributed by atoms with Crippen molar-refractivity contribution in [1.29, 1.82) is 0 Å². The minimum Gasteiger partial charge on any atom is -0.465 e. The zero-order valence-corrected chi connectivity index (χ0v) is 24.6. The lowest BCUT2D eigenvalue weighted by molar-refractivity contribution is -0.154. The summed E-state index contributed by atoms with van der Waals surface area (Å²) in [6.07, 6.45) is 2.41. The summed E-state index contributed by atoms with van der Waals surface area (Å²) in [5, 5.41) is 0. The van der Waals surface area contributed by atoms with Gasteiger partial charge in [-0.1, -0.05) is 48.5 Å². The zero-order chi connectivity index (χ0) is 31.4. The van der Waals surface area contributed by atoms with Crippen molar-refractivity contribution in [2.75, 3.05) is 13.2 Å². The number of ether oxygens (including phenoxy) is 2. The molecule has 1 saturated carbocycles. The number of carbonyl (C=O) groups excluding carboxylic acids is 4. The maximum atomic E-state index is 13.6. The predicted molar refractivity (Wildman–Crippen MR) is 160 cm³/mol. The average Bonchev–Trinajstić information content (AvgIpc) is 3.01. The van der Waals surface area contributed by atoms with Crippen molar-refractivity contribution in [3.8, 4) is 0 Å². The van der Waals surface area contributed by atoms with Gasteiger partial charge in [-0.2, -0.15) is 0 Å². The van der Waals surface area contributed by atoms with Crippen LogP contribution in [0.3, 0.4) is 0 Å². The highest BCUT2D eigenvalue weighted by molar-refractivity contribution is 6.10. The third kappa shape index (κ3) is 6.54. The molecule has 0 bridgehead atoms. The Labute approximate surface area is 255 Å². The summed E-state index contributed by atoms with van der Waals surface area (Å²) in [7, 11) is 0. The summed E-state index contributed by atoms with van der Waals surface area (Å²) in [5.74, 6) is -5.80. The number of allylic oxidation sites excluding steroid dienone is 2. The van der Waals surface area contributed by atoms with E-state index in [-0.39, 0.29) is 42.9 Å². The van der Waals surface area contributed by atoms with Crippen molar-refractivity contribution in [2.45, 2.75) is 50.9 Å². The van der Waals surface area contributed by atoms with Crippen molar-refractivity contribution < 1.29 is 37.4 Å². The summed E-state index contributed by atoms with van der Waals surface area (Å²) >= 11 is 0. The summed E-state index contributed by atoms with van der Waals surface area (Å²) in [4.78, 5) is 52.6. The van der Waals surface area contributed by atoms with Crippen molar-refractivity contribution >= 4 is 29.1 Å². The maximum Gasteiger partial charge on any atom is 0.317 e. The molecule has 5 atom stereocenters. The van der Waals surface area contributed by atoms with E-state index >= 15 is 0 Å². The minimum absolute atomic E-state index is 0.128. The molecular formula is C36H34F2O6. The van der Waals surface area contributed by atoms with Gasteiger partial charge in [0.05, 0.1) is 13.2 Å². The van der Waals surface area contributed by atoms with Gasteiger partial charge in [0, 0.05) is 18.3 Å². The highest BCUT2D eigenvalue weighted by Gasteiger charge is 2.44. The summed E-state index contributed by atoms with van der Waals surface area (Å²) < 4.78 is 37.7. The SMILES string of the molecule is CCOC(=O)C1C(=O)C=C(c2ccc(F)cc2)CC1c1ccc(C2CC(c3ccc(F)cc3)CC(=O)C2C(=O)OCC)cc1. The largest absolute Gasteiger partial charge is 0.465 e. The van der Waals surface area contributed by atoms with Crippen LogP contribution in [0.1, 0.15) is 73.1 Å². The lowest BCUT2D eigenvalue weighted by Gasteiger charge is -2.35. The standard InChI is InChI=1S/C36H34F2O6/c1-3-43-35(41)33-29(17-25(19-31(33)39)21-9-13-27(37)14-10-21)23-5-7-24(8-6-23)30-18-26(22-11-15-28(38)16-12-22)20-32(40)34(30)36(42)44-4-2/h5-16,19,26,29-30,33-34H,3-4,17-18,20H2,1-2H3. The van der Waals surface area contributed by atoms with Gasteiger partial charge in [0.15, 0.2) is 5.78 Å². The molecule has 8 heteroatoms. The number of carbonyl (C=O) groups is 4. The van der Waals surface area contributed by atoms with Crippen LogP contribution in [-0.4, -0.2) is 36.7 Å². The second-order valence-electron chi connectivity index (χ2n) is 11.3. The highest BCUT2D eigenvalue weighted by Crippen LogP contribution is 2.45. The molecule has 0 spiro atoms. The topological polar surface area (TPSA) is 86.7 Å². The number of hydrogen-bond donors (Lipinski definition) is 0. The van der Waals surface area contributed by atoms with Crippen molar-refractivity contribution in [3.05, 3.63) is 113 Å². The normalized spacial score (nSPS) is 23.5. The number of esters is 2. The van der Waals surface area contributed by atoms with E-state index in [1.807, 2.05) is 24.3 Å². The summed E-state index contributed by atoms with van der Waals surface area (Å²) in [5.41, 5.74) is 3.66. The van der Waals surface area contributed by atoms with E-state index in [2.05, 4.69) is 0 Å². The Balaban J connectivity index is 1.48. The Kier molecular flexibility index (Phi) is 9.47. The summed E-state index contributed by atoms with van der Waals surface area (Å²) in [6, 6.07) is 19.2. The Morgan fingerprint density at radius 1 is 0.682 bits per heavy atom. The third-order valence-electron chi connectivity index (χ3n) is 8.63. The molecule has 0 aromatic heterocycles. The number of hydrogen-bond acceptors (Lipinski definition) is 6. The Morgan fingerprint density at radius 3 is 1.75 bits per heavy atom. The molecular weight excluding hydrogens is 566 g/mol. The fraction of sp³-hybridized carbons (Fsp3) is 0.333. The fourth-order valence-corrected chi connectivity index (χ4v) is 6.52. The third-order valence-corrected chi connectivity index (χ3v) is 8.63. The Morgan fingerprint density at radius 2 is 1.18 bits per heavy atom. The van der Waals surface area contributed by atoms with Crippen LogP contribution in [0.25, 0.3) is 5.57 Å². The lowest BCUT2D eigenvalue weighted by atomic mass is 9.68. The van der Waals surface area contributed by atoms with E-state index in [1.54, 1.807) is 38.1 Å². The average molecular weight is 601 g/mol. The molecule has 0 radical (unpaired) electrons. The van der Waals surface area contributed by atoms with Gasteiger partial charge in [0.1, 0.15) is 29.3 Å². The first-order chi connectivity index (χ1) is 21.2. The summed E-state index contributed by atoms with van der Waals surface area (Å²) in [6.45, 7) is 3.64. The monoisotopic (exact) mass is 600 g/mol. The van der Waals surface area contributed by atoms with E-state index in [0.717, 1.165) is 16.7 Å². The highest BCUT2D eigenvalue weighted by atomic mass is 19.1. The van der Waals surface area contributed by atoms with Crippen LogP contribution in [0.5, 0.6) is 0 Å². The van der Waals surface area contributed by atoms with E-state index in [1.165, 1.54) is 30.3 Å². The molecule has 228 valence electrons. The van der Waals surface area contributed by atoms with Crippen LogP contribution in [0.4, 0.5) is 8.78 Å². The van der Waals surface area contributed by atoms with Gasteiger partial charge in [-0.15, -0.1) is 0 Å². The van der Waals surface area contributed by atoms with Gasteiger partial charge in [-0.3, -0.25) is 19.2 Å². The van der Waals surface area contributed by atoms with Gasteiger partial charge in [0.2, 0.25) is 0 Å². The molecule has 3 aromatic rings. The minimum atomic E-state index is -1.05. The van der Waals surface area contributed by atoms with Crippen LogP contribution in [-0.2, 0) is 28.7 Å². The van der Waals surface area contributed by atoms with E-state index in [4.69, 9.17) is 9.47 Å². The molecule has 0 aliphatic heterocycles. The maximum absolute atomic E-state index is 13.6. The predicted octanol–water partition coefficient (Wildman–Crippen LogP) is 6.69. The Bertz CT molecular complexity index is 1560. The molecule has 3 aromatic carbocycles. The second-order valence-corrected chi connectivity index (χ2v) is 11.3. The van der Waals surface area contributed by atoms with Crippen molar-refractivity contribution in [3.63, 3.8) is 0 Å². The van der Waals surface area contributed by atoms with Gasteiger partial charge >= 0.3 is 11.9 Å². The molecule has 0 heterocycles. The molecule has 0 N–H and O–H groups in total. The molecule has 5 unspecified atom stereocenters. The quantitative estimate of drug-likeness (QED) is 0.211. The lowest BCUT2D eigenvalue weighted by Crippen LogP contribution is -2.37. The first-order valence-corrected chi connectivity index (χ1v) is 14.9. The van der Waals surface area contributed by atoms with Crippen LogP contribution < -0.4 is 0 Å².